The van der Waals surface area contributed by atoms with Crippen LogP contribution in [0, 0.1) is 0 Å². The Morgan fingerprint density at radius 2 is 1.77 bits per heavy atom. The number of amides is 2. The average molecular weight is 485 g/mol. The van der Waals surface area contributed by atoms with Crippen molar-refractivity contribution in [1.82, 2.24) is 14.8 Å². The molecule has 0 fully saturated rings. The fourth-order valence-corrected chi connectivity index (χ4v) is 3.74. The standard InChI is InChI=1S/C24H24F3N7O/c1-14(2)34-22-20(21(28)33(3)13-29-22)19(32-34)11-15-6-4-8-17(10-15)30-23(35)31-18-9-5-7-16(12-18)24(25,26)27/h4-10,12-14,28H,11H2,1-3H3,(H2,30,31,35)/p+1. The number of nitrogens with two attached hydrogens (primary N) is 1. The van der Waals surface area contributed by atoms with Crippen LogP contribution in [0.1, 0.15) is 36.7 Å². The third-order valence-corrected chi connectivity index (χ3v) is 5.44. The Bertz CT molecular complexity index is 1400. The first-order valence-electron chi connectivity index (χ1n) is 10.9. The van der Waals surface area contributed by atoms with Crippen LogP contribution >= 0.6 is 0 Å². The lowest BCUT2D eigenvalue weighted by molar-refractivity contribution is -0.658. The van der Waals surface area contributed by atoms with E-state index in [1.807, 2.05) is 31.6 Å². The van der Waals surface area contributed by atoms with Crippen LogP contribution in [-0.4, -0.2) is 20.8 Å². The zero-order chi connectivity index (χ0) is 25.3. The molecule has 2 heterocycles. The summed E-state index contributed by atoms with van der Waals surface area (Å²) in [5.41, 5.74) is 8.32. The zero-order valence-corrected chi connectivity index (χ0v) is 19.4. The molecular formula is C24H25F3N7O+. The topological polar surface area (TPSA) is 102 Å². The first-order valence-corrected chi connectivity index (χ1v) is 10.9. The molecule has 11 heteroatoms. The van der Waals surface area contributed by atoms with E-state index in [9.17, 15) is 18.0 Å². The van der Waals surface area contributed by atoms with Gasteiger partial charge in [0.2, 0.25) is 17.8 Å². The van der Waals surface area contributed by atoms with Crippen LogP contribution in [0.15, 0.2) is 54.9 Å². The number of nitrogen functional groups attached to an aromatic ring is 1. The Labute approximate surface area is 199 Å². The predicted molar refractivity (Wildman–Crippen MR) is 127 cm³/mol. The van der Waals surface area contributed by atoms with Crippen molar-refractivity contribution in [3.8, 4) is 0 Å². The molecule has 0 saturated heterocycles. The highest BCUT2D eigenvalue weighted by molar-refractivity contribution is 5.99. The minimum Gasteiger partial charge on any atom is -0.318 e. The quantitative estimate of drug-likeness (QED) is 0.358. The summed E-state index contributed by atoms with van der Waals surface area (Å²) in [7, 11) is 1.81. The molecule has 2 amide bonds. The smallest absolute Gasteiger partial charge is 0.318 e. The summed E-state index contributed by atoms with van der Waals surface area (Å²) in [5.74, 6) is 0.548. The Morgan fingerprint density at radius 1 is 1.11 bits per heavy atom. The van der Waals surface area contributed by atoms with Crippen molar-refractivity contribution in [1.29, 1.82) is 0 Å². The normalized spacial score (nSPS) is 11.7. The molecule has 0 unspecified atom stereocenters. The van der Waals surface area contributed by atoms with Crippen LogP contribution in [0.3, 0.4) is 0 Å². The van der Waals surface area contributed by atoms with Gasteiger partial charge in [-0.3, -0.25) is 0 Å². The van der Waals surface area contributed by atoms with E-state index < -0.39 is 17.8 Å². The number of carbonyl (C=O) groups excluding carboxylic acids is 1. The van der Waals surface area contributed by atoms with E-state index in [0.717, 1.165) is 28.8 Å². The first kappa shape index (κ1) is 24.0. The van der Waals surface area contributed by atoms with Gasteiger partial charge in [-0.05, 0) is 49.7 Å². The molecule has 182 valence electrons. The van der Waals surface area contributed by atoms with E-state index in [1.54, 1.807) is 29.1 Å². The molecule has 0 aliphatic carbocycles. The van der Waals surface area contributed by atoms with Crippen molar-refractivity contribution < 1.29 is 22.5 Å². The largest absolute Gasteiger partial charge is 0.416 e. The molecule has 4 aromatic rings. The van der Waals surface area contributed by atoms with Crippen LogP contribution in [0.5, 0.6) is 0 Å². The van der Waals surface area contributed by atoms with Gasteiger partial charge in [0, 0.05) is 17.8 Å². The number of fused-ring (bicyclic) bond motifs is 1. The predicted octanol–water partition coefficient (Wildman–Crippen LogP) is 4.67. The van der Waals surface area contributed by atoms with E-state index in [-0.39, 0.29) is 11.7 Å². The summed E-state index contributed by atoms with van der Waals surface area (Å²) in [4.78, 5) is 16.9. The number of rotatable bonds is 5. The van der Waals surface area contributed by atoms with Crippen molar-refractivity contribution >= 4 is 34.3 Å². The van der Waals surface area contributed by atoms with Crippen LogP contribution in [0.25, 0.3) is 11.0 Å². The minimum atomic E-state index is -4.49. The summed E-state index contributed by atoms with van der Waals surface area (Å²) in [6.07, 6.45) is -2.41. The Hall–Kier alpha value is -4.15. The number of alkyl halides is 3. The maximum Gasteiger partial charge on any atom is 0.416 e. The second kappa shape index (κ2) is 9.24. The van der Waals surface area contributed by atoms with Gasteiger partial charge in [-0.25, -0.2) is 14.0 Å². The van der Waals surface area contributed by atoms with Crippen molar-refractivity contribution in [2.24, 2.45) is 7.05 Å². The molecule has 0 spiro atoms. The van der Waals surface area contributed by atoms with Gasteiger partial charge in [-0.15, -0.1) is 0 Å². The number of carbonyl (C=O) groups is 1. The van der Waals surface area contributed by atoms with Crippen LogP contribution in [0.4, 0.5) is 35.2 Å². The molecule has 0 saturated carbocycles. The third kappa shape index (κ3) is 5.18. The van der Waals surface area contributed by atoms with Gasteiger partial charge in [0.15, 0.2) is 0 Å². The monoisotopic (exact) mass is 484 g/mol. The molecular weight excluding hydrogens is 459 g/mol. The molecule has 4 N–H and O–H groups in total. The molecule has 2 aromatic carbocycles. The van der Waals surface area contributed by atoms with Gasteiger partial charge in [-0.2, -0.15) is 18.3 Å². The molecule has 2 aromatic heterocycles. The van der Waals surface area contributed by atoms with E-state index in [0.29, 0.717) is 23.6 Å². The maximum absolute atomic E-state index is 12.9. The lowest BCUT2D eigenvalue weighted by atomic mass is 10.1. The average Bonchev–Trinajstić information content (AvgIpc) is 3.15. The van der Waals surface area contributed by atoms with Gasteiger partial charge >= 0.3 is 12.2 Å². The summed E-state index contributed by atoms with van der Waals surface area (Å²) in [5, 5.41) is 10.6. The van der Waals surface area contributed by atoms with Crippen LogP contribution < -0.4 is 20.9 Å². The van der Waals surface area contributed by atoms with Crippen LogP contribution in [-0.2, 0) is 19.6 Å². The van der Waals surface area contributed by atoms with E-state index >= 15 is 0 Å². The minimum absolute atomic E-state index is 0.0371. The number of aromatic nitrogens is 4. The van der Waals surface area contributed by atoms with Gasteiger partial charge in [0.05, 0.1) is 24.3 Å². The molecule has 0 aliphatic heterocycles. The van der Waals surface area contributed by atoms with Gasteiger partial charge in [0.25, 0.3) is 0 Å². The highest BCUT2D eigenvalue weighted by Crippen LogP contribution is 2.31. The number of urea groups is 1. The molecule has 4 rings (SSSR count). The summed E-state index contributed by atoms with van der Waals surface area (Å²) < 4.78 is 42.3. The summed E-state index contributed by atoms with van der Waals surface area (Å²) in [6.45, 7) is 4.02. The highest BCUT2D eigenvalue weighted by atomic mass is 19.4. The highest BCUT2D eigenvalue weighted by Gasteiger charge is 2.30. The van der Waals surface area contributed by atoms with Gasteiger partial charge in [0.1, 0.15) is 5.39 Å². The third-order valence-electron chi connectivity index (χ3n) is 5.44. The Kier molecular flexibility index (Phi) is 6.33. The molecule has 0 aliphatic rings. The number of nitrogens with zero attached hydrogens (tertiary/aromatic N) is 4. The Morgan fingerprint density at radius 3 is 2.43 bits per heavy atom. The number of hydrogen-bond acceptors (Lipinski definition) is 4. The second-order valence-corrected chi connectivity index (χ2v) is 8.46. The number of halogens is 3. The van der Waals surface area contributed by atoms with Crippen molar-refractivity contribution in [2.75, 3.05) is 16.4 Å². The molecule has 8 nitrogen and oxygen atoms in total. The summed E-state index contributed by atoms with van der Waals surface area (Å²) >= 11 is 0. The number of aryl methyl sites for hydroxylation is 1. The number of anilines is 3. The number of hydrogen-bond donors (Lipinski definition) is 3. The lowest BCUT2D eigenvalue weighted by Crippen LogP contribution is -2.32. The molecule has 35 heavy (non-hydrogen) atoms. The van der Waals surface area contributed by atoms with Crippen LogP contribution in [0.2, 0.25) is 0 Å². The van der Waals surface area contributed by atoms with Gasteiger partial charge < -0.3 is 16.4 Å². The van der Waals surface area contributed by atoms with Crippen molar-refractivity contribution in [3.63, 3.8) is 0 Å². The van der Waals surface area contributed by atoms with Crippen molar-refractivity contribution in [2.45, 2.75) is 32.5 Å². The molecule has 0 radical (unpaired) electrons. The van der Waals surface area contributed by atoms with Crippen molar-refractivity contribution in [3.05, 3.63) is 71.7 Å². The number of nitrogens with one attached hydrogen (secondary N) is 2. The fourth-order valence-electron chi connectivity index (χ4n) is 3.74. The fraction of sp³-hybridized carbons (Fsp3) is 0.250. The maximum atomic E-state index is 12.9. The van der Waals surface area contributed by atoms with E-state index in [4.69, 9.17) is 10.8 Å². The molecule has 0 atom stereocenters. The zero-order valence-electron chi connectivity index (χ0n) is 19.4. The SMILES string of the molecule is CC(C)n1nc(Cc2cccc(NC(=O)Nc3cccc(C(F)(F)F)c3)c2)c2c(N)[n+](C)cnc21. The second-order valence-electron chi connectivity index (χ2n) is 8.46. The first-order chi connectivity index (χ1) is 16.5. The van der Waals surface area contributed by atoms with E-state index in [2.05, 4.69) is 15.6 Å². The van der Waals surface area contributed by atoms with E-state index in [1.165, 1.54) is 12.1 Å². The lowest BCUT2D eigenvalue weighted by Gasteiger charge is -2.11. The molecule has 0 bridgehead atoms. The summed E-state index contributed by atoms with van der Waals surface area (Å²) in [6, 6.07) is 11.0. The van der Waals surface area contributed by atoms with Gasteiger partial charge in [-0.1, -0.05) is 23.2 Å². The number of benzene rings is 2. The Balaban J connectivity index is 1.54.